The number of hydrogen-bond donors (Lipinski definition) is 0. The highest BCUT2D eigenvalue weighted by atomic mass is 16.5. The monoisotopic (exact) mass is 302 g/mol. The molecule has 1 aliphatic rings. The second-order valence-electron chi connectivity index (χ2n) is 6.15. The smallest absolute Gasteiger partial charge is 0.356 e. The Hall–Kier alpha value is -1.95. The zero-order valence-corrected chi connectivity index (χ0v) is 13.3. The van der Waals surface area contributed by atoms with E-state index in [-0.39, 0.29) is 0 Å². The Morgan fingerprint density at radius 3 is 2.95 bits per heavy atom. The van der Waals surface area contributed by atoms with E-state index in [4.69, 9.17) is 4.74 Å². The third-order valence-corrected chi connectivity index (χ3v) is 4.32. The number of fused-ring (bicyclic) bond motifs is 1. The summed E-state index contributed by atoms with van der Waals surface area (Å²) in [4.78, 5) is 18.8. The van der Waals surface area contributed by atoms with E-state index in [9.17, 15) is 4.79 Å². The number of hydrogen-bond acceptors (Lipinski definition) is 5. The van der Waals surface area contributed by atoms with Crippen LogP contribution >= 0.6 is 0 Å². The lowest BCUT2D eigenvalue weighted by Crippen LogP contribution is -2.28. The molecule has 0 spiro atoms. The van der Waals surface area contributed by atoms with Crippen molar-refractivity contribution in [2.24, 2.45) is 5.92 Å². The van der Waals surface area contributed by atoms with Crippen molar-refractivity contribution in [1.82, 2.24) is 19.5 Å². The fraction of sp³-hybridized carbons (Fsp3) is 0.562. The predicted octanol–water partition coefficient (Wildman–Crippen LogP) is 1.79. The van der Waals surface area contributed by atoms with Crippen LogP contribution in [0.2, 0.25) is 0 Å². The molecule has 6 heteroatoms. The molecule has 0 saturated carbocycles. The summed E-state index contributed by atoms with van der Waals surface area (Å²) in [5.41, 5.74) is 1.10. The number of aromatic nitrogens is 3. The van der Waals surface area contributed by atoms with Gasteiger partial charge < -0.3 is 9.64 Å². The average Bonchev–Trinajstić information content (AvgIpc) is 3.12. The minimum atomic E-state index is -0.395. The molecule has 22 heavy (non-hydrogen) atoms. The van der Waals surface area contributed by atoms with Crippen LogP contribution in [0.1, 0.15) is 36.6 Å². The van der Waals surface area contributed by atoms with Gasteiger partial charge in [0, 0.05) is 19.0 Å². The molecule has 1 saturated heterocycles. The summed E-state index contributed by atoms with van der Waals surface area (Å²) < 4.78 is 6.37. The number of esters is 1. The maximum Gasteiger partial charge on any atom is 0.356 e. The molecule has 0 N–H and O–H groups in total. The quantitative estimate of drug-likeness (QED) is 0.806. The molecule has 0 aromatic carbocycles. The molecule has 2 aromatic rings. The molecule has 3 rings (SSSR count). The van der Waals surface area contributed by atoms with E-state index in [1.165, 1.54) is 13.5 Å². The molecule has 0 aliphatic carbocycles. The van der Waals surface area contributed by atoms with Crippen LogP contribution in [-0.2, 0) is 11.2 Å². The maximum absolute atomic E-state index is 11.8. The molecule has 118 valence electrons. The molecule has 0 bridgehead atoms. The molecular formula is C16H22N4O2. The third kappa shape index (κ3) is 2.83. The highest BCUT2D eigenvalue weighted by molar-refractivity contribution is 5.88. The number of rotatable bonds is 4. The zero-order valence-electron chi connectivity index (χ0n) is 13.3. The van der Waals surface area contributed by atoms with Crippen molar-refractivity contribution in [3.8, 4) is 0 Å². The second kappa shape index (κ2) is 6.04. The summed E-state index contributed by atoms with van der Waals surface area (Å²) in [6.45, 7) is 6.70. The van der Waals surface area contributed by atoms with Gasteiger partial charge in [0.1, 0.15) is 0 Å². The first-order chi connectivity index (χ1) is 10.6. The van der Waals surface area contributed by atoms with E-state index in [1.807, 2.05) is 6.07 Å². The van der Waals surface area contributed by atoms with Crippen LogP contribution in [0.15, 0.2) is 18.2 Å². The predicted molar refractivity (Wildman–Crippen MR) is 82.8 cm³/mol. The number of nitrogens with zero attached hydrogens (tertiary/aromatic N) is 4. The summed E-state index contributed by atoms with van der Waals surface area (Å²) in [6, 6.07) is 5.95. The van der Waals surface area contributed by atoms with Crippen molar-refractivity contribution >= 4 is 11.6 Å². The van der Waals surface area contributed by atoms with E-state index in [2.05, 4.69) is 28.8 Å². The standard InChI is InChI=1S/C16H22N4O2/c1-11(2)19-8-7-12(10-19)9-14-17-15-6-4-5-13(16(21)22-3)20(15)18-14/h4-6,11-12H,7-10H2,1-3H3. The van der Waals surface area contributed by atoms with E-state index in [0.717, 1.165) is 25.3 Å². The molecule has 2 aromatic heterocycles. The number of pyridine rings is 1. The van der Waals surface area contributed by atoms with Gasteiger partial charge in [0.05, 0.1) is 7.11 Å². The summed E-state index contributed by atoms with van der Waals surface area (Å²) in [6.07, 6.45) is 2.03. The van der Waals surface area contributed by atoms with Crippen molar-refractivity contribution < 1.29 is 9.53 Å². The first-order valence-corrected chi connectivity index (χ1v) is 7.75. The van der Waals surface area contributed by atoms with Crippen LogP contribution in [0, 0.1) is 5.92 Å². The SMILES string of the molecule is COC(=O)c1cccc2nc(CC3CCN(C(C)C)C3)nn12. The summed E-state index contributed by atoms with van der Waals surface area (Å²) >= 11 is 0. The number of likely N-dealkylation sites (tertiary alicyclic amines) is 1. The average molecular weight is 302 g/mol. The van der Waals surface area contributed by atoms with Gasteiger partial charge in [0.15, 0.2) is 17.2 Å². The number of carbonyl (C=O) groups excluding carboxylic acids is 1. The number of carbonyl (C=O) groups is 1. The number of methoxy groups -OCH3 is 1. The minimum absolute atomic E-state index is 0.395. The molecule has 1 atom stereocenters. The molecule has 1 fully saturated rings. The second-order valence-corrected chi connectivity index (χ2v) is 6.15. The lowest BCUT2D eigenvalue weighted by Gasteiger charge is -2.19. The topological polar surface area (TPSA) is 59.7 Å². The molecule has 0 amide bonds. The van der Waals surface area contributed by atoms with E-state index in [0.29, 0.717) is 23.3 Å². The van der Waals surface area contributed by atoms with Crippen molar-refractivity contribution in [3.63, 3.8) is 0 Å². The molecule has 6 nitrogen and oxygen atoms in total. The van der Waals surface area contributed by atoms with Gasteiger partial charge in [-0.1, -0.05) is 6.07 Å². The number of ether oxygens (including phenoxy) is 1. The van der Waals surface area contributed by atoms with Crippen molar-refractivity contribution in [2.45, 2.75) is 32.7 Å². The van der Waals surface area contributed by atoms with Gasteiger partial charge >= 0.3 is 5.97 Å². The third-order valence-electron chi connectivity index (χ3n) is 4.32. The lowest BCUT2D eigenvalue weighted by atomic mass is 10.1. The van der Waals surface area contributed by atoms with Gasteiger partial charge in [0.2, 0.25) is 0 Å². The van der Waals surface area contributed by atoms with Crippen LogP contribution in [0.5, 0.6) is 0 Å². The Morgan fingerprint density at radius 2 is 2.27 bits per heavy atom. The Balaban J connectivity index is 1.80. The zero-order chi connectivity index (χ0) is 15.7. The van der Waals surface area contributed by atoms with E-state index in [1.54, 1.807) is 16.6 Å². The Morgan fingerprint density at radius 1 is 1.45 bits per heavy atom. The highest BCUT2D eigenvalue weighted by Gasteiger charge is 2.25. The summed E-state index contributed by atoms with van der Waals surface area (Å²) in [5, 5.41) is 4.50. The molecule has 3 heterocycles. The van der Waals surface area contributed by atoms with Gasteiger partial charge in [-0.15, -0.1) is 0 Å². The van der Waals surface area contributed by atoms with Crippen LogP contribution in [-0.4, -0.2) is 51.7 Å². The largest absolute Gasteiger partial charge is 0.464 e. The van der Waals surface area contributed by atoms with Crippen LogP contribution in [0.25, 0.3) is 5.65 Å². The van der Waals surface area contributed by atoms with Gasteiger partial charge in [0.25, 0.3) is 0 Å². The van der Waals surface area contributed by atoms with Crippen molar-refractivity contribution in [1.29, 1.82) is 0 Å². The minimum Gasteiger partial charge on any atom is -0.464 e. The lowest BCUT2D eigenvalue weighted by molar-refractivity contribution is 0.0591. The highest BCUT2D eigenvalue weighted by Crippen LogP contribution is 2.21. The van der Waals surface area contributed by atoms with Gasteiger partial charge in [-0.2, -0.15) is 5.10 Å². The normalized spacial score (nSPS) is 19.2. The van der Waals surface area contributed by atoms with Crippen molar-refractivity contribution in [2.75, 3.05) is 20.2 Å². The fourth-order valence-corrected chi connectivity index (χ4v) is 3.05. The van der Waals surface area contributed by atoms with E-state index >= 15 is 0 Å². The molecular weight excluding hydrogens is 280 g/mol. The summed E-state index contributed by atoms with van der Waals surface area (Å²) in [7, 11) is 1.37. The fourth-order valence-electron chi connectivity index (χ4n) is 3.05. The Bertz CT molecular complexity index is 680. The Labute approximate surface area is 130 Å². The first-order valence-electron chi connectivity index (χ1n) is 7.75. The van der Waals surface area contributed by atoms with Crippen LogP contribution in [0.3, 0.4) is 0 Å². The maximum atomic E-state index is 11.8. The van der Waals surface area contributed by atoms with Crippen LogP contribution in [0.4, 0.5) is 0 Å². The molecule has 1 unspecified atom stereocenters. The molecule has 1 aliphatic heterocycles. The van der Waals surface area contributed by atoms with Gasteiger partial charge in [-0.25, -0.2) is 14.3 Å². The van der Waals surface area contributed by atoms with E-state index < -0.39 is 5.97 Å². The first kappa shape index (κ1) is 15.0. The van der Waals surface area contributed by atoms with Gasteiger partial charge in [-0.3, -0.25) is 0 Å². The Kier molecular flexibility index (Phi) is 4.11. The van der Waals surface area contributed by atoms with Gasteiger partial charge in [-0.05, 0) is 44.9 Å². The summed E-state index contributed by atoms with van der Waals surface area (Å²) in [5.74, 6) is 0.988. The van der Waals surface area contributed by atoms with Crippen LogP contribution < -0.4 is 0 Å². The molecule has 0 radical (unpaired) electrons. The van der Waals surface area contributed by atoms with Crippen molar-refractivity contribution in [3.05, 3.63) is 29.7 Å².